The van der Waals surface area contributed by atoms with Crippen molar-refractivity contribution >= 4 is 5.78 Å². The van der Waals surface area contributed by atoms with Crippen molar-refractivity contribution in [3.05, 3.63) is 22.8 Å². The van der Waals surface area contributed by atoms with E-state index in [1.807, 2.05) is 13.8 Å². The van der Waals surface area contributed by atoms with Gasteiger partial charge in [0.25, 0.3) is 0 Å². The van der Waals surface area contributed by atoms with E-state index in [1.54, 1.807) is 0 Å². The third-order valence-electron chi connectivity index (χ3n) is 2.43. The number of ketones is 1. The Kier molecular flexibility index (Phi) is 1.87. The van der Waals surface area contributed by atoms with Gasteiger partial charge in [-0.05, 0) is 20.3 Å². The Balaban J connectivity index is 2.53. The van der Waals surface area contributed by atoms with Gasteiger partial charge >= 0.3 is 0 Å². The second-order valence-electron chi connectivity index (χ2n) is 3.50. The minimum Gasteiger partial charge on any atom is -0.299 e. The van der Waals surface area contributed by atoms with E-state index >= 15 is 0 Å². The number of hydrogen-bond donors (Lipinski definition) is 0. The van der Waals surface area contributed by atoms with Crippen LogP contribution in [-0.2, 0) is 17.6 Å². The van der Waals surface area contributed by atoms with Gasteiger partial charge in [0, 0.05) is 29.8 Å². The van der Waals surface area contributed by atoms with E-state index in [1.165, 1.54) is 0 Å². The summed E-state index contributed by atoms with van der Waals surface area (Å²) in [6, 6.07) is 0. The Morgan fingerprint density at radius 3 is 2.69 bits per heavy atom. The summed E-state index contributed by atoms with van der Waals surface area (Å²) in [5, 5.41) is 0. The number of aromatic nitrogens is 2. The number of hydrogen-bond acceptors (Lipinski definition) is 3. The fourth-order valence-corrected chi connectivity index (χ4v) is 1.79. The number of nitrogens with zero attached hydrogens (tertiary/aromatic N) is 2. The molecule has 1 aromatic rings. The second kappa shape index (κ2) is 2.91. The van der Waals surface area contributed by atoms with Gasteiger partial charge in [0.15, 0.2) is 0 Å². The van der Waals surface area contributed by atoms with Crippen LogP contribution in [0.2, 0.25) is 0 Å². The van der Waals surface area contributed by atoms with Crippen molar-refractivity contribution in [2.45, 2.75) is 33.1 Å². The zero-order valence-corrected chi connectivity index (χ0v) is 7.92. The first-order valence-electron chi connectivity index (χ1n) is 4.51. The minimum absolute atomic E-state index is 0.308. The van der Waals surface area contributed by atoms with Gasteiger partial charge in [-0.25, -0.2) is 9.97 Å². The summed E-state index contributed by atoms with van der Waals surface area (Å²) in [5.41, 5.74) is 3.10. The van der Waals surface area contributed by atoms with Crippen LogP contribution in [-0.4, -0.2) is 15.8 Å². The molecule has 0 aromatic carbocycles. The summed E-state index contributed by atoms with van der Waals surface area (Å²) in [4.78, 5) is 19.8. The first-order valence-corrected chi connectivity index (χ1v) is 4.51. The summed E-state index contributed by atoms with van der Waals surface area (Å²) in [7, 11) is 0. The highest BCUT2D eigenvalue weighted by Crippen LogP contribution is 2.19. The molecule has 68 valence electrons. The number of carbonyl (C=O) groups is 1. The van der Waals surface area contributed by atoms with E-state index in [2.05, 4.69) is 9.97 Å². The van der Waals surface area contributed by atoms with Crippen LogP contribution in [0.5, 0.6) is 0 Å². The molecule has 3 heteroatoms. The summed E-state index contributed by atoms with van der Waals surface area (Å²) in [6.45, 7) is 3.84. The van der Waals surface area contributed by atoms with Crippen LogP contribution in [0.3, 0.4) is 0 Å². The molecule has 1 aromatic heterocycles. The van der Waals surface area contributed by atoms with Crippen molar-refractivity contribution in [2.24, 2.45) is 0 Å². The van der Waals surface area contributed by atoms with Gasteiger partial charge in [0.2, 0.25) is 0 Å². The molecule has 0 unspecified atom stereocenters. The lowest BCUT2D eigenvalue weighted by molar-refractivity contribution is -0.118. The smallest absolute Gasteiger partial charge is 0.137 e. The molecular formula is C10H12N2O. The standard InChI is InChI=1S/C10H12N2O/c1-6-9-5-8(13)3-4-10(9)12-7(2)11-6/h3-5H2,1-2H3. The third-order valence-corrected chi connectivity index (χ3v) is 2.43. The molecule has 1 heterocycles. The SMILES string of the molecule is Cc1nc(C)c2c(n1)CCC(=O)C2. The summed E-state index contributed by atoms with van der Waals surface area (Å²) in [5.74, 6) is 1.12. The highest BCUT2D eigenvalue weighted by atomic mass is 16.1. The number of aryl methyl sites for hydroxylation is 3. The molecule has 0 bridgehead atoms. The zero-order chi connectivity index (χ0) is 9.42. The molecule has 0 amide bonds. The second-order valence-corrected chi connectivity index (χ2v) is 3.50. The predicted molar refractivity (Wildman–Crippen MR) is 48.5 cm³/mol. The molecule has 0 aliphatic heterocycles. The van der Waals surface area contributed by atoms with Crippen LogP contribution in [0.4, 0.5) is 0 Å². The molecule has 0 radical (unpaired) electrons. The number of rotatable bonds is 0. The largest absolute Gasteiger partial charge is 0.299 e. The lowest BCUT2D eigenvalue weighted by Gasteiger charge is -2.15. The maximum absolute atomic E-state index is 11.2. The van der Waals surface area contributed by atoms with Gasteiger partial charge in [-0.15, -0.1) is 0 Å². The minimum atomic E-state index is 0.308. The zero-order valence-electron chi connectivity index (χ0n) is 7.92. The van der Waals surface area contributed by atoms with E-state index in [0.717, 1.165) is 29.2 Å². The molecule has 0 saturated heterocycles. The van der Waals surface area contributed by atoms with Gasteiger partial charge in [-0.3, -0.25) is 4.79 Å². The Bertz CT molecular complexity index is 371. The average molecular weight is 176 g/mol. The van der Waals surface area contributed by atoms with Crippen LogP contribution >= 0.6 is 0 Å². The summed E-state index contributed by atoms with van der Waals surface area (Å²) >= 11 is 0. The fourth-order valence-electron chi connectivity index (χ4n) is 1.79. The van der Waals surface area contributed by atoms with E-state index in [4.69, 9.17) is 0 Å². The van der Waals surface area contributed by atoms with Gasteiger partial charge in [0.1, 0.15) is 11.6 Å². The Labute approximate surface area is 77.2 Å². The molecule has 0 saturated carbocycles. The maximum Gasteiger partial charge on any atom is 0.137 e. The van der Waals surface area contributed by atoms with E-state index in [0.29, 0.717) is 18.6 Å². The lowest BCUT2D eigenvalue weighted by atomic mass is 9.94. The highest BCUT2D eigenvalue weighted by Gasteiger charge is 2.19. The third kappa shape index (κ3) is 1.46. The summed E-state index contributed by atoms with van der Waals surface area (Å²) < 4.78 is 0. The maximum atomic E-state index is 11.2. The molecule has 0 spiro atoms. The Hall–Kier alpha value is -1.25. The van der Waals surface area contributed by atoms with E-state index in [9.17, 15) is 4.79 Å². The summed E-state index contributed by atoms with van der Waals surface area (Å²) in [6.07, 6.45) is 1.96. The van der Waals surface area contributed by atoms with Crippen molar-refractivity contribution in [1.29, 1.82) is 0 Å². The quantitative estimate of drug-likeness (QED) is 0.595. The molecule has 2 rings (SSSR count). The van der Waals surface area contributed by atoms with Crippen LogP contribution in [0.25, 0.3) is 0 Å². The highest BCUT2D eigenvalue weighted by molar-refractivity contribution is 5.83. The lowest BCUT2D eigenvalue weighted by Crippen LogP contribution is -2.17. The first-order chi connectivity index (χ1) is 6.16. The van der Waals surface area contributed by atoms with Crippen molar-refractivity contribution in [3.8, 4) is 0 Å². The Morgan fingerprint density at radius 1 is 1.15 bits per heavy atom. The van der Waals surface area contributed by atoms with Gasteiger partial charge in [-0.1, -0.05) is 0 Å². The number of carbonyl (C=O) groups excluding carboxylic acids is 1. The number of fused-ring (bicyclic) bond motifs is 1. The topological polar surface area (TPSA) is 42.9 Å². The molecular weight excluding hydrogens is 164 g/mol. The molecule has 0 N–H and O–H groups in total. The molecule has 1 aliphatic rings. The van der Waals surface area contributed by atoms with E-state index in [-0.39, 0.29) is 0 Å². The van der Waals surface area contributed by atoms with Crippen LogP contribution in [0.15, 0.2) is 0 Å². The van der Waals surface area contributed by atoms with Gasteiger partial charge in [-0.2, -0.15) is 0 Å². The number of Topliss-reactive ketones (excluding diaryl/α,β-unsaturated/α-hetero) is 1. The van der Waals surface area contributed by atoms with E-state index < -0.39 is 0 Å². The van der Waals surface area contributed by atoms with Crippen LogP contribution < -0.4 is 0 Å². The average Bonchev–Trinajstić information content (AvgIpc) is 2.06. The van der Waals surface area contributed by atoms with Crippen molar-refractivity contribution in [2.75, 3.05) is 0 Å². The molecule has 13 heavy (non-hydrogen) atoms. The monoisotopic (exact) mass is 176 g/mol. The van der Waals surface area contributed by atoms with Gasteiger partial charge in [0.05, 0.1) is 0 Å². The van der Waals surface area contributed by atoms with Crippen molar-refractivity contribution in [1.82, 2.24) is 9.97 Å². The van der Waals surface area contributed by atoms with Crippen molar-refractivity contribution in [3.63, 3.8) is 0 Å². The van der Waals surface area contributed by atoms with Crippen molar-refractivity contribution < 1.29 is 4.79 Å². The van der Waals surface area contributed by atoms with Crippen LogP contribution in [0, 0.1) is 13.8 Å². The predicted octanol–water partition coefficient (Wildman–Crippen LogP) is 1.15. The fraction of sp³-hybridized carbons (Fsp3) is 0.500. The first kappa shape index (κ1) is 8.35. The molecule has 3 nitrogen and oxygen atoms in total. The Morgan fingerprint density at radius 2 is 1.92 bits per heavy atom. The molecule has 1 aliphatic carbocycles. The molecule has 0 fully saturated rings. The molecule has 0 atom stereocenters. The van der Waals surface area contributed by atoms with Gasteiger partial charge < -0.3 is 0 Å². The normalized spacial score (nSPS) is 15.7. The van der Waals surface area contributed by atoms with Crippen LogP contribution in [0.1, 0.15) is 29.2 Å².